The van der Waals surface area contributed by atoms with Gasteiger partial charge in [0.25, 0.3) is 0 Å². The van der Waals surface area contributed by atoms with Crippen molar-refractivity contribution >= 4 is 17.4 Å². The summed E-state index contributed by atoms with van der Waals surface area (Å²) in [4.78, 5) is 8.53. The van der Waals surface area contributed by atoms with E-state index in [2.05, 4.69) is 36.1 Å². The summed E-state index contributed by atoms with van der Waals surface area (Å²) in [6, 6.07) is 1.86. The third-order valence-electron chi connectivity index (χ3n) is 2.84. The second-order valence-electron chi connectivity index (χ2n) is 5.42. The quantitative estimate of drug-likeness (QED) is 0.809. The number of nitrogens with one attached hydrogen (secondary N) is 1. The van der Waals surface area contributed by atoms with Crippen molar-refractivity contribution in [3.05, 3.63) is 17.0 Å². The molecule has 18 heavy (non-hydrogen) atoms. The number of anilines is 1. The monoisotopic (exact) mass is 271 g/mol. The first-order chi connectivity index (χ1) is 8.36. The largest absolute Gasteiger partial charge is 0.396 e. The molecule has 1 rings (SSSR count). The minimum Gasteiger partial charge on any atom is -0.396 e. The minimum absolute atomic E-state index is 0.0343. The van der Waals surface area contributed by atoms with Gasteiger partial charge in [0.1, 0.15) is 16.8 Å². The Labute approximate surface area is 114 Å². The average molecular weight is 272 g/mol. The summed E-state index contributed by atoms with van der Waals surface area (Å²) in [5.74, 6) is 1.45. The Morgan fingerprint density at radius 2 is 2.06 bits per heavy atom. The predicted molar refractivity (Wildman–Crippen MR) is 75.0 cm³/mol. The molecule has 1 aromatic rings. The number of aromatic nitrogens is 2. The molecule has 0 spiro atoms. The summed E-state index contributed by atoms with van der Waals surface area (Å²) in [5, 5.41) is 12.9. The molecular weight excluding hydrogens is 250 g/mol. The fourth-order valence-corrected chi connectivity index (χ4v) is 1.93. The lowest BCUT2D eigenvalue weighted by atomic mass is 9.85. The van der Waals surface area contributed by atoms with Gasteiger partial charge in [0.05, 0.1) is 0 Å². The molecule has 1 aromatic heterocycles. The number of rotatable bonds is 5. The molecule has 0 saturated heterocycles. The lowest BCUT2D eigenvalue weighted by Gasteiger charge is -2.31. The van der Waals surface area contributed by atoms with Crippen molar-refractivity contribution in [1.29, 1.82) is 0 Å². The van der Waals surface area contributed by atoms with Gasteiger partial charge in [-0.05, 0) is 11.8 Å². The van der Waals surface area contributed by atoms with E-state index in [9.17, 15) is 0 Å². The lowest BCUT2D eigenvalue weighted by molar-refractivity contribution is 0.235. The zero-order valence-electron chi connectivity index (χ0n) is 11.5. The van der Waals surface area contributed by atoms with E-state index in [0.29, 0.717) is 11.6 Å². The highest BCUT2D eigenvalue weighted by atomic mass is 35.5. The molecule has 0 aliphatic heterocycles. The summed E-state index contributed by atoms with van der Waals surface area (Å²) >= 11 is 5.96. The van der Waals surface area contributed by atoms with Crippen molar-refractivity contribution in [1.82, 2.24) is 9.97 Å². The van der Waals surface area contributed by atoms with Gasteiger partial charge in [0.15, 0.2) is 0 Å². The van der Waals surface area contributed by atoms with Gasteiger partial charge in [-0.3, -0.25) is 0 Å². The Balaban J connectivity index is 2.90. The third kappa shape index (κ3) is 4.42. The van der Waals surface area contributed by atoms with Crippen LogP contribution < -0.4 is 5.32 Å². The topological polar surface area (TPSA) is 58.0 Å². The van der Waals surface area contributed by atoms with Crippen LogP contribution >= 0.6 is 11.6 Å². The SMILES string of the molecule is CCc1nc(Cl)cc(NC(CCO)C(C)(C)C)n1. The van der Waals surface area contributed by atoms with Crippen LogP contribution in [0.4, 0.5) is 5.82 Å². The van der Waals surface area contributed by atoms with Gasteiger partial charge in [0, 0.05) is 25.1 Å². The zero-order chi connectivity index (χ0) is 13.8. The lowest BCUT2D eigenvalue weighted by Crippen LogP contribution is -2.35. The number of nitrogens with zero attached hydrogens (tertiary/aromatic N) is 2. The second-order valence-corrected chi connectivity index (χ2v) is 5.81. The highest BCUT2D eigenvalue weighted by Crippen LogP contribution is 2.25. The van der Waals surface area contributed by atoms with Gasteiger partial charge < -0.3 is 10.4 Å². The molecule has 1 atom stereocenters. The number of hydrogen-bond donors (Lipinski definition) is 2. The summed E-state index contributed by atoms with van der Waals surface area (Å²) in [7, 11) is 0. The van der Waals surface area contributed by atoms with Crippen LogP contribution in [0.5, 0.6) is 0 Å². The van der Waals surface area contributed by atoms with E-state index in [0.717, 1.165) is 18.1 Å². The molecule has 1 unspecified atom stereocenters. The van der Waals surface area contributed by atoms with E-state index in [1.165, 1.54) is 0 Å². The van der Waals surface area contributed by atoms with Crippen LogP contribution in [0.3, 0.4) is 0 Å². The van der Waals surface area contributed by atoms with Crippen LogP contribution in [0, 0.1) is 5.41 Å². The molecule has 0 radical (unpaired) electrons. The van der Waals surface area contributed by atoms with Gasteiger partial charge >= 0.3 is 0 Å². The van der Waals surface area contributed by atoms with Gasteiger partial charge in [-0.1, -0.05) is 39.3 Å². The van der Waals surface area contributed by atoms with Crippen molar-refractivity contribution in [2.45, 2.75) is 46.6 Å². The van der Waals surface area contributed by atoms with Crippen LogP contribution in [0.2, 0.25) is 5.15 Å². The molecule has 5 heteroatoms. The van der Waals surface area contributed by atoms with Crippen LogP contribution in [-0.2, 0) is 6.42 Å². The highest BCUT2D eigenvalue weighted by molar-refractivity contribution is 6.29. The summed E-state index contributed by atoms with van der Waals surface area (Å²) in [6.45, 7) is 8.52. The van der Waals surface area contributed by atoms with Gasteiger partial charge in [-0.15, -0.1) is 0 Å². The Morgan fingerprint density at radius 1 is 1.39 bits per heavy atom. The molecule has 1 heterocycles. The molecular formula is C13H22ClN3O. The van der Waals surface area contributed by atoms with Crippen LogP contribution in [0.25, 0.3) is 0 Å². The van der Waals surface area contributed by atoms with E-state index in [1.54, 1.807) is 6.07 Å². The maximum absolute atomic E-state index is 9.13. The Hall–Kier alpha value is -0.870. The first-order valence-electron chi connectivity index (χ1n) is 6.27. The van der Waals surface area contributed by atoms with Crippen molar-refractivity contribution in [2.24, 2.45) is 5.41 Å². The third-order valence-corrected chi connectivity index (χ3v) is 3.04. The van der Waals surface area contributed by atoms with E-state index in [-0.39, 0.29) is 18.1 Å². The smallest absolute Gasteiger partial charge is 0.134 e. The molecule has 0 bridgehead atoms. The second kappa shape index (κ2) is 6.34. The Morgan fingerprint density at radius 3 is 2.56 bits per heavy atom. The summed E-state index contributed by atoms with van der Waals surface area (Å²) < 4.78 is 0. The highest BCUT2D eigenvalue weighted by Gasteiger charge is 2.24. The summed E-state index contributed by atoms with van der Waals surface area (Å²) in [6.07, 6.45) is 1.42. The fraction of sp³-hybridized carbons (Fsp3) is 0.692. The van der Waals surface area contributed by atoms with Crippen molar-refractivity contribution in [3.8, 4) is 0 Å². The van der Waals surface area contributed by atoms with E-state index >= 15 is 0 Å². The van der Waals surface area contributed by atoms with Crippen molar-refractivity contribution in [2.75, 3.05) is 11.9 Å². The Kier molecular flexibility index (Phi) is 5.35. The molecule has 0 aliphatic carbocycles. The molecule has 0 saturated carbocycles. The molecule has 102 valence electrons. The number of aliphatic hydroxyl groups excluding tert-OH is 1. The minimum atomic E-state index is 0.0343. The number of aryl methyl sites for hydroxylation is 1. The molecule has 0 fully saturated rings. The standard InChI is InChI=1S/C13H22ClN3O/c1-5-11-16-10(14)8-12(17-11)15-9(6-7-18)13(2,3)4/h8-9,18H,5-7H2,1-4H3,(H,15,16,17). The van der Waals surface area contributed by atoms with Crippen molar-refractivity contribution < 1.29 is 5.11 Å². The maximum atomic E-state index is 9.13. The van der Waals surface area contributed by atoms with E-state index < -0.39 is 0 Å². The van der Waals surface area contributed by atoms with Crippen LogP contribution in [0.15, 0.2) is 6.07 Å². The van der Waals surface area contributed by atoms with E-state index in [4.69, 9.17) is 16.7 Å². The van der Waals surface area contributed by atoms with Gasteiger partial charge in [0.2, 0.25) is 0 Å². The summed E-state index contributed by atoms with van der Waals surface area (Å²) in [5.41, 5.74) is 0.0343. The number of aliphatic hydroxyl groups is 1. The molecule has 0 aromatic carbocycles. The number of hydrogen-bond acceptors (Lipinski definition) is 4. The Bertz CT molecular complexity index is 390. The average Bonchev–Trinajstić information content (AvgIpc) is 2.26. The zero-order valence-corrected chi connectivity index (χ0v) is 12.3. The molecule has 0 amide bonds. The van der Waals surface area contributed by atoms with Crippen LogP contribution in [-0.4, -0.2) is 27.7 Å². The normalized spacial score (nSPS) is 13.4. The maximum Gasteiger partial charge on any atom is 0.134 e. The van der Waals surface area contributed by atoms with E-state index in [1.807, 2.05) is 6.92 Å². The molecule has 2 N–H and O–H groups in total. The first-order valence-corrected chi connectivity index (χ1v) is 6.65. The van der Waals surface area contributed by atoms with Crippen LogP contribution in [0.1, 0.15) is 39.9 Å². The fourth-order valence-electron chi connectivity index (χ4n) is 1.73. The van der Waals surface area contributed by atoms with Gasteiger partial charge in [-0.2, -0.15) is 0 Å². The molecule has 0 aliphatic rings. The predicted octanol–water partition coefficient (Wildman–Crippen LogP) is 2.90. The number of halogens is 1. The first kappa shape index (κ1) is 15.2. The van der Waals surface area contributed by atoms with Crippen molar-refractivity contribution in [3.63, 3.8) is 0 Å². The molecule has 4 nitrogen and oxygen atoms in total. The van der Waals surface area contributed by atoms with Gasteiger partial charge in [-0.25, -0.2) is 9.97 Å².